The van der Waals surface area contributed by atoms with Gasteiger partial charge >= 0.3 is 0 Å². The Morgan fingerprint density at radius 2 is 2.19 bits per heavy atom. The van der Waals surface area contributed by atoms with Gasteiger partial charge in [-0.15, -0.1) is 16.0 Å². The molecule has 0 saturated heterocycles. The van der Waals surface area contributed by atoms with Crippen molar-refractivity contribution in [3.05, 3.63) is 35.7 Å². The van der Waals surface area contributed by atoms with Gasteiger partial charge < -0.3 is 5.73 Å². The van der Waals surface area contributed by atoms with Crippen molar-refractivity contribution in [1.82, 2.24) is 25.3 Å². The van der Waals surface area contributed by atoms with Crippen LogP contribution in [0, 0.1) is 0 Å². The summed E-state index contributed by atoms with van der Waals surface area (Å²) in [6.07, 6.45) is 7.33. The summed E-state index contributed by atoms with van der Waals surface area (Å²) in [7, 11) is 0. The molecule has 9 nitrogen and oxygen atoms in total. The zero-order chi connectivity index (χ0) is 18.3. The Balaban J connectivity index is 1.61. The van der Waals surface area contributed by atoms with Crippen LogP contribution in [0.1, 0.15) is 24.8 Å². The number of aromatic nitrogens is 6. The maximum absolute atomic E-state index is 6.24. The highest BCUT2D eigenvalue weighted by molar-refractivity contribution is 7.19. The zero-order valence-electron chi connectivity index (χ0n) is 14.5. The number of aromatic amines is 2. The predicted molar refractivity (Wildman–Crippen MR) is 101 cm³/mol. The van der Waals surface area contributed by atoms with Crippen LogP contribution in [-0.4, -0.2) is 25.3 Å². The molecule has 0 bridgehead atoms. The van der Waals surface area contributed by atoms with E-state index in [1.54, 1.807) is 23.7 Å². The van der Waals surface area contributed by atoms with Gasteiger partial charge in [-0.1, -0.05) is 0 Å². The molecular formula is C16H20N9S+. The smallest absolute Gasteiger partial charge is 0.205 e. The number of nitrogens with one attached hydrogen (secondary N) is 2. The molecule has 0 saturated carbocycles. The van der Waals surface area contributed by atoms with E-state index >= 15 is 0 Å². The van der Waals surface area contributed by atoms with Crippen molar-refractivity contribution in [1.29, 1.82) is 0 Å². The highest BCUT2D eigenvalue weighted by Gasteiger charge is 2.17. The number of fused-ring (bicyclic) bond motifs is 1. The fourth-order valence-electron chi connectivity index (χ4n) is 2.67. The largest absolute Gasteiger partial charge is 0.381 e. The normalized spacial score (nSPS) is 11.5. The third-order valence-corrected chi connectivity index (χ3v) is 5.11. The number of rotatable bonds is 5. The number of hydrogen-bond donors (Lipinski definition) is 4. The summed E-state index contributed by atoms with van der Waals surface area (Å²) in [6, 6.07) is 2.35. The van der Waals surface area contributed by atoms with Crippen LogP contribution in [-0.2, 0) is 6.54 Å². The molecule has 26 heavy (non-hydrogen) atoms. The second-order valence-electron chi connectivity index (χ2n) is 6.31. The summed E-state index contributed by atoms with van der Waals surface area (Å²) in [5.41, 5.74) is 8.64. The lowest BCUT2D eigenvalue weighted by molar-refractivity contribution is -0.767. The van der Waals surface area contributed by atoms with Crippen LogP contribution in [0.2, 0.25) is 0 Å². The standard InChI is InChI=1S/C16H19N9S/c1-9(2)25-7-10(4-21-25)13-5-19-15(17)16(22-13)24(18)8-11-3-12-14(26-11)6-20-23-12/h3-7,9H,8,18H2,1-2H3,(H3,17,19,20,23)/p+1. The number of nitrogens with two attached hydrogens (primary N) is 2. The number of anilines is 2. The molecule has 6 N–H and O–H groups in total. The highest BCUT2D eigenvalue weighted by Crippen LogP contribution is 2.27. The topological polar surface area (TPSA) is 129 Å². The van der Waals surface area contributed by atoms with E-state index in [0.29, 0.717) is 29.9 Å². The van der Waals surface area contributed by atoms with E-state index in [1.807, 2.05) is 23.1 Å². The summed E-state index contributed by atoms with van der Waals surface area (Å²) in [6.45, 7) is 4.68. The molecule has 4 heterocycles. The Morgan fingerprint density at radius 1 is 1.35 bits per heavy atom. The maximum Gasteiger partial charge on any atom is 0.205 e. The molecule has 0 unspecified atom stereocenters. The van der Waals surface area contributed by atoms with Gasteiger partial charge in [0.25, 0.3) is 0 Å². The minimum Gasteiger partial charge on any atom is -0.381 e. The summed E-state index contributed by atoms with van der Waals surface area (Å²) in [4.78, 5) is 9.97. The molecule has 4 rings (SSSR count). The van der Waals surface area contributed by atoms with Gasteiger partial charge in [0.2, 0.25) is 6.20 Å². The van der Waals surface area contributed by atoms with E-state index in [4.69, 9.17) is 11.6 Å². The summed E-state index contributed by atoms with van der Waals surface area (Å²) in [5.74, 6) is 6.99. The molecule has 0 spiro atoms. The molecular weight excluding hydrogens is 350 g/mol. The van der Waals surface area contributed by atoms with Gasteiger partial charge in [-0.3, -0.25) is 10.1 Å². The molecule has 0 aromatic carbocycles. The van der Waals surface area contributed by atoms with Gasteiger partial charge in [0.05, 0.1) is 46.6 Å². The first-order valence-electron chi connectivity index (χ1n) is 8.17. The molecule has 0 radical (unpaired) electrons. The Labute approximate surface area is 153 Å². The molecule has 134 valence electrons. The second-order valence-corrected chi connectivity index (χ2v) is 7.48. The summed E-state index contributed by atoms with van der Waals surface area (Å²) in [5, 5.41) is 11.7. The fraction of sp³-hybridized carbons (Fsp3) is 0.250. The number of thiophene rings is 1. The first-order valence-corrected chi connectivity index (χ1v) is 8.99. The van der Waals surface area contributed by atoms with Crippen LogP contribution in [0.4, 0.5) is 11.6 Å². The van der Waals surface area contributed by atoms with Crippen LogP contribution >= 0.6 is 11.3 Å². The van der Waals surface area contributed by atoms with Gasteiger partial charge in [-0.2, -0.15) is 10.2 Å². The SMILES string of the molecule is CC(C)[n+]1cc(-c2cnc(N)c(N(N)Cc3cc4[nH]ncc4s3)n2)c[nH]1. The van der Waals surface area contributed by atoms with E-state index in [2.05, 4.69) is 39.1 Å². The van der Waals surface area contributed by atoms with Gasteiger partial charge in [0.1, 0.15) is 0 Å². The molecule has 4 aromatic rings. The number of nitrogens with zero attached hydrogens (tertiary/aromatic N) is 5. The maximum atomic E-state index is 6.24. The van der Waals surface area contributed by atoms with Crippen molar-refractivity contribution in [2.45, 2.75) is 26.4 Å². The molecule has 0 atom stereocenters. The molecule has 0 aliphatic carbocycles. The van der Waals surface area contributed by atoms with Crippen molar-refractivity contribution in [3.63, 3.8) is 0 Å². The molecule has 4 aromatic heterocycles. The first kappa shape index (κ1) is 16.5. The van der Waals surface area contributed by atoms with Gasteiger partial charge in [-0.05, 0) is 19.9 Å². The Bertz CT molecular complexity index is 1020. The lowest BCUT2D eigenvalue weighted by atomic mass is 10.2. The van der Waals surface area contributed by atoms with Crippen LogP contribution in [0.3, 0.4) is 0 Å². The number of hydrazine groups is 1. The number of H-pyrrole nitrogens is 2. The molecule has 0 aliphatic rings. The van der Waals surface area contributed by atoms with Crippen molar-refractivity contribution >= 4 is 33.2 Å². The predicted octanol–water partition coefficient (Wildman–Crippen LogP) is 1.74. The Hall–Kier alpha value is -2.98. The lowest BCUT2D eigenvalue weighted by Gasteiger charge is -2.18. The third kappa shape index (κ3) is 3.00. The third-order valence-electron chi connectivity index (χ3n) is 4.06. The van der Waals surface area contributed by atoms with Crippen molar-refractivity contribution in [2.24, 2.45) is 5.84 Å². The van der Waals surface area contributed by atoms with Gasteiger partial charge in [-0.25, -0.2) is 15.8 Å². The first-order chi connectivity index (χ1) is 12.5. The van der Waals surface area contributed by atoms with E-state index in [1.165, 1.54) is 5.01 Å². The van der Waals surface area contributed by atoms with E-state index < -0.39 is 0 Å². The monoisotopic (exact) mass is 370 g/mol. The lowest BCUT2D eigenvalue weighted by Crippen LogP contribution is -2.36. The van der Waals surface area contributed by atoms with E-state index in [9.17, 15) is 0 Å². The van der Waals surface area contributed by atoms with Crippen molar-refractivity contribution in [3.8, 4) is 11.3 Å². The summed E-state index contributed by atoms with van der Waals surface area (Å²) >= 11 is 1.63. The second kappa shape index (κ2) is 6.39. The van der Waals surface area contributed by atoms with Crippen molar-refractivity contribution in [2.75, 3.05) is 10.7 Å². The van der Waals surface area contributed by atoms with Gasteiger partial charge in [0.15, 0.2) is 17.7 Å². The minimum absolute atomic E-state index is 0.298. The highest BCUT2D eigenvalue weighted by atomic mass is 32.1. The molecule has 10 heteroatoms. The number of hydrogen-bond acceptors (Lipinski definition) is 7. The Kier molecular flexibility index (Phi) is 4.05. The Morgan fingerprint density at radius 3 is 2.92 bits per heavy atom. The van der Waals surface area contributed by atoms with Crippen molar-refractivity contribution < 1.29 is 4.68 Å². The molecule has 0 aliphatic heterocycles. The molecule has 0 amide bonds. The molecule has 0 fully saturated rings. The average molecular weight is 370 g/mol. The van der Waals surface area contributed by atoms with E-state index in [0.717, 1.165) is 20.7 Å². The van der Waals surface area contributed by atoms with Crippen LogP contribution in [0.15, 0.2) is 30.9 Å². The van der Waals surface area contributed by atoms with Crippen LogP contribution < -0.4 is 21.3 Å². The average Bonchev–Trinajstić information content (AvgIpc) is 3.30. The zero-order valence-corrected chi connectivity index (χ0v) is 15.3. The quantitative estimate of drug-likeness (QED) is 0.240. The summed E-state index contributed by atoms with van der Waals surface area (Å²) < 4.78 is 3.08. The fourth-order valence-corrected chi connectivity index (χ4v) is 3.65. The van der Waals surface area contributed by atoms with Crippen LogP contribution in [0.25, 0.3) is 21.5 Å². The van der Waals surface area contributed by atoms with Crippen LogP contribution in [0.5, 0.6) is 0 Å². The number of nitrogen functional groups attached to an aromatic ring is 1. The van der Waals surface area contributed by atoms with E-state index in [-0.39, 0.29) is 0 Å². The minimum atomic E-state index is 0.298. The van der Waals surface area contributed by atoms with Gasteiger partial charge in [0, 0.05) is 4.88 Å².